The Morgan fingerprint density at radius 1 is 1.14 bits per heavy atom. The van der Waals surface area contributed by atoms with E-state index >= 15 is 0 Å². The van der Waals surface area contributed by atoms with E-state index in [0.717, 1.165) is 18.9 Å². The molecule has 1 aliphatic heterocycles. The van der Waals surface area contributed by atoms with Crippen LogP contribution < -0.4 is 10.2 Å². The van der Waals surface area contributed by atoms with Gasteiger partial charge in [-0.05, 0) is 40.5 Å². The van der Waals surface area contributed by atoms with Crippen LogP contribution in [0.3, 0.4) is 0 Å². The molecular formula is C16H26N4O. The maximum absolute atomic E-state index is 12.3. The standard InChI is InChI=1S/C16H26N4O/c1-12-17-13(15(21)19-16(2,3)4)11-14(18-12)20-9-7-5-6-8-10-20/h11H,5-10H2,1-4H3,(H,19,21). The number of hydrogen-bond acceptors (Lipinski definition) is 4. The third-order valence-electron chi connectivity index (χ3n) is 3.48. The van der Waals surface area contributed by atoms with Gasteiger partial charge in [0.2, 0.25) is 0 Å². The lowest BCUT2D eigenvalue weighted by Gasteiger charge is -2.23. The summed E-state index contributed by atoms with van der Waals surface area (Å²) in [5, 5.41) is 2.96. The summed E-state index contributed by atoms with van der Waals surface area (Å²) in [7, 11) is 0. The summed E-state index contributed by atoms with van der Waals surface area (Å²) in [6, 6.07) is 1.82. The molecule has 0 aliphatic carbocycles. The number of rotatable bonds is 2. The molecule has 21 heavy (non-hydrogen) atoms. The molecule has 116 valence electrons. The molecule has 0 saturated carbocycles. The number of aromatic nitrogens is 2. The molecule has 5 heteroatoms. The number of amides is 1. The second kappa shape index (κ2) is 6.41. The fourth-order valence-electron chi connectivity index (χ4n) is 2.53. The van der Waals surface area contributed by atoms with Crippen LogP contribution in [0.1, 0.15) is 62.8 Å². The van der Waals surface area contributed by atoms with E-state index in [4.69, 9.17) is 0 Å². The van der Waals surface area contributed by atoms with E-state index in [0.29, 0.717) is 11.5 Å². The van der Waals surface area contributed by atoms with Crippen molar-refractivity contribution in [3.63, 3.8) is 0 Å². The highest BCUT2D eigenvalue weighted by molar-refractivity contribution is 5.93. The molecule has 5 nitrogen and oxygen atoms in total. The smallest absolute Gasteiger partial charge is 0.270 e. The van der Waals surface area contributed by atoms with Gasteiger partial charge in [0.05, 0.1) is 0 Å². The molecule has 1 N–H and O–H groups in total. The first-order chi connectivity index (χ1) is 9.85. The van der Waals surface area contributed by atoms with E-state index in [-0.39, 0.29) is 11.4 Å². The van der Waals surface area contributed by atoms with Crippen LogP contribution in [0, 0.1) is 6.92 Å². The molecule has 0 aromatic carbocycles. The summed E-state index contributed by atoms with van der Waals surface area (Å²) < 4.78 is 0. The van der Waals surface area contributed by atoms with Gasteiger partial charge in [-0.2, -0.15) is 0 Å². The Labute approximate surface area is 127 Å². The minimum absolute atomic E-state index is 0.135. The molecule has 0 atom stereocenters. The van der Waals surface area contributed by atoms with E-state index < -0.39 is 0 Å². The van der Waals surface area contributed by atoms with E-state index in [9.17, 15) is 4.79 Å². The number of nitrogens with one attached hydrogen (secondary N) is 1. The van der Waals surface area contributed by atoms with Crippen molar-refractivity contribution in [3.05, 3.63) is 17.6 Å². The topological polar surface area (TPSA) is 58.1 Å². The predicted molar refractivity (Wildman–Crippen MR) is 84.7 cm³/mol. The molecule has 1 aromatic heterocycles. The lowest BCUT2D eigenvalue weighted by molar-refractivity contribution is 0.0914. The Balaban J connectivity index is 2.22. The van der Waals surface area contributed by atoms with Crippen molar-refractivity contribution < 1.29 is 4.79 Å². The van der Waals surface area contributed by atoms with Crippen molar-refractivity contribution in [2.75, 3.05) is 18.0 Å². The molecule has 1 fully saturated rings. The average Bonchev–Trinajstić information content (AvgIpc) is 2.64. The third kappa shape index (κ3) is 4.69. The van der Waals surface area contributed by atoms with Gasteiger partial charge in [-0.1, -0.05) is 12.8 Å². The van der Waals surface area contributed by atoms with Crippen LogP contribution >= 0.6 is 0 Å². The van der Waals surface area contributed by atoms with Gasteiger partial charge in [0.25, 0.3) is 5.91 Å². The minimum Gasteiger partial charge on any atom is -0.356 e. The number of nitrogens with zero attached hydrogens (tertiary/aromatic N) is 3. The lowest BCUT2D eigenvalue weighted by atomic mass is 10.1. The summed E-state index contributed by atoms with van der Waals surface area (Å²) in [5.74, 6) is 1.39. The van der Waals surface area contributed by atoms with Gasteiger partial charge in [0.1, 0.15) is 17.3 Å². The Kier molecular flexibility index (Phi) is 4.80. The number of anilines is 1. The van der Waals surface area contributed by atoms with Gasteiger partial charge in [0, 0.05) is 24.7 Å². The van der Waals surface area contributed by atoms with Crippen LogP contribution in [0.4, 0.5) is 5.82 Å². The minimum atomic E-state index is -0.265. The first-order valence-corrected chi connectivity index (χ1v) is 7.78. The number of hydrogen-bond donors (Lipinski definition) is 1. The van der Waals surface area contributed by atoms with Crippen molar-refractivity contribution in [2.24, 2.45) is 0 Å². The molecule has 2 rings (SSSR count). The summed E-state index contributed by atoms with van der Waals surface area (Å²) in [6.45, 7) is 9.76. The lowest BCUT2D eigenvalue weighted by Crippen LogP contribution is -2.41. The zero-order valence-electron chi connectivity index (χ0n) is 13.6. The predicted octanol–water partition coefficient (Wildman–Crippen LogP) is 2.69. The summed E-state index contributed by atoms with van der Waals surface area (Å²) in [5.41, 5.74) is 0.190. The molecular weight excluding hydrogens is 264 g/mol. The second-order valence-electron chi connectivity index (χ2n) is 6.76. The van der Waals surface area contributed by atoms with Crippen molar-refractivity contribution in [2.45, 2.75) is 58.9 Å². The highest BCUT2D eigenvalue weighted by Gasteiger charge is 2.19. The second-order valence-corrected chi connectivity index (χ2v) is 6.76. The quantitative estimate of drug-likeness (QED) is 0.910. The van der Waals surface area contributed by atoms with Crippen LogP contribution in [0.25, 0.3) is 0 Å². The molecule has 1 aromatic rings. The van der Waals surface area contributed by atoms with Crippen LogP contribution in [-0.2, 0) is 0 Å². The molecule has 0 spiro atoms. The van der Waals surface area contributed by atoms with E-state index in [1.165, 1.54) is 25.7 Å². The van der Waals surface area contributed by atoms with Crippen molar-refractivity contribution in [3.8, 4) is 0 Å². The van der Waals surface area contributed by atoms with Gasteiger partial charge < -0.3 is 10.2 Å². The fourth-order valence-corrected chi connectivity index (χ4v) is 2.53. The van der Waals surface area contributed by atoms with Crippen molar-refractivity contribution >= 4 is 11.7 Å². The van der Waals surface area contributed by atoms with Gasteiger partial charge in [-0.3, -0.25) is 4.79 Å². The van der Waals surface area contributed by atoms with Gasteiger partial charge in [-0.25, -0.2) is 9.97 Å². The maximum atomic E-state index is 12.3. The van der Waals surface area contributed by atoms with Crippen LogP contribution in [-0.4, -0.2) is 34.5 Å². The number of aryl methyl sites for hydroxylation is 1. The van der Waals surface area contributed by atoms with E-state index in [1.54, 1.807) is 0 Å². The first-order valence-electron chi connectivity index (χ1n) is 7.78. The monoisotopic (exact) mass is 290 g/mol. The highest BCUT2D eigenvalue weighted by Crippen LogP contribution is 2.18. The van der Waals surface area contributed by atoms with Crippen LogP contribution in [0.15, 0.2) is 6.07 Å². The van der Waals surface area contributed by atoms with Crippen LogP contribution in [0.2, 0.25) is 0 Å². The maximum Gasteiger partial charge on any atom is 0.270 e. The Bertz CT molecular complexity index is 499. The molecule has 2 heterocycles. The Hall–Kier alpha value is -1.65. The molecule has 0 radical (unpaired) electrons. The highest BCUT2D eigenvalue weighted by atomic mass is 16.2. The largest absolute Gasteiger partial charge is 0.356 e. The van der Waals surface area contributed by atoms with Crippen molar-refractivity contribution in [1.82, 2.24) is 15.3 Å². The summed E-state index contributed by atoms with van der Waals surface area (Å²) in [4.78, 5) is 23.4. The van der Waals surface area contributed by atoms with E-state index in [2.05, 4.69) is 20.2 Å². The third-order valence-corrected chi connectivity index (χ3v) is 3.48. The van der Waals surface area contributed by atoms with Crippen LogP contribution in [0.5, 0.6) is 0 Å². The molecule has 1 amide bonds. The van der Waals surface area contributed by atoms with Gasteiger partial charge >= 0.3 is 0 Å². The number of carbonyl (C=O) groups is 1. The van der Waals surface area contributed by atoms with E-state index in [1.807, 2.05) is 33.8 Å². The summed E-state index contributed by atoms with van der Waals surface area (Å²) >= 11 is 0. The zero-order chi connectivity index (χ0) is 15.5. The zero-order valence-corrected chi connectivity index (χ0v) is 13.6. The average molecular weight is 290 g/mol. The van der Waals surface area contributed by atoms with Gasteiger partial charge in [0.15, 0.2) is 0 Å². The summed E-state index contributed by atoms with van der Waals surface area (Å²) in [6.07, 6.45) is 4.93. The Morgan fingerprint density at radius 3 is 2.33 bits per heavy atom. The first kappa shape index (κ1) is 15.7. The van der Waals surface area contributed by atoms with Gasteiger partial charge in [-0.15, -0.1) is 0 Å². The molecule has 0 bridgehead atoms. The Morgan fingerprint density at radius 2 is 1.76 bits per heavy atom. The molecule has 1 saturated heterocycles. The molecule has 0 unspecified atom stereocenters. The molecule has 1 aliphatic rings. The number of carbonyl (C=O) groups excluding carboxylic acids is 1. The SMILES string of the molecule is Cc1nc(C(=O)NC(C)(C)C)cc(N2CCCCCC2)n1. The fraction of sp³-hybridized carbons (Fsp3) is 0.688. The van der Waals surface area contributed by atoms with Crippen molar-refractivity contribution in [1.29, 1.82) is 0 Å². The normalized spacial score (nSPS) is 16.5.